The Hall–Kier alpha value is -2.08. The number of amides is 1. The summed E-state index contributed by atoms with van der Waals surface area (Å²) in [6, 6.07) is 15.6. The highest BCUT2D eigenvalue weighted by atomic mass is 35.5. The number of benzene rings is 2. The van der Waals surface area contributed by atoms with Crippen LogP contribution < -0.4 is 5.32 Å². The molecule has 1 saturated heterocycles. The minimum atomic E-state index is -0.0122. The van der Waals surface area contributed by atoms with Crippen LogP contribution in [0, 0.1) is 0 Å². The summed E-state index contributed by atoms with van der Waals surface area (Å²) in [4.78, 5) is 14.9. The zero-order chi connectivity index (χ0) is 17.2. The molecule has 26 heavy (non-hydrogen) atoms. The van der Waals surface area contributed by atoms with E-state index in [2.05, 4.69) is 10.4 Å². The maximum absolute atomic E-state index is 13.0. The number of rotatable bonds is 3. The molecule has 1 N–H and O–H groups in total. The lowest BCUT2D eigenvalue weighted by atomic mass is 10.0. The van der Waals surface area contributed by atoms with Gasteiger partial charge in [-0.05, 0) is 23.8 Å². The largest absolute Gasteiger partial charge is 0.331 e. The first-order valence-corrected chi connectivity index (χ1v) is 8.76. The Labute approximate surface area is 163 Å². The molecule has 1 fully saturated rings. The molecule has 0 radical (unpaired) electrons. The molecule has 0 saturated carbocycles. The molecule has 4 rings (SSSR count). The van der Waals surface area contributed by atoms with Gasteiger partial charge in [-0.3, -0.25) is 9.48 Å². The van der Waals surface area contributed by atoms with Gasteiger partial charge in [-0.2, -0.15) is 5.10 Å². The molecule has 0 spiro atoms. The normalized spacial score (nSPS) is 17.1. The highest BCUT2D eigenvalue weighted by Gasteiger charge is 2.28. The minimum absolute atomic E-state index is 0. The average Bonchev–Trinajstić information content (AvgIpc) is 3.05. The molecule has 0 bridgehead atoms. The van der Waals surface area contributed by atoms with E-state index in [1.807, 2.05) is 53.4 Å². The molecule has 1 atom stereocenters. The SMILES string of the molecule is Cl.O=C(Cn1ncc2ccccc21)N1CCNCC1c1cccc(Cl)c1. The summed E-state index contributed by atoms with van der Waals surface area (Å²) in [6.45, 7) is 2.44. The molecule has 3 aromatic rings. The van der Waals surface area contributed by atoms with Crippen LogP contribution in [0.4, 0.5) is 0 Å². The first-order valence-electron chi connectivity index (χ1n) is 8.38. The number of aromatic nitrogens is 2. The molecule has 1 amide bonds. The first-order chi connectivity index (χ1) is 12.2. The first kappa shape index (κ1) is 18.7. The Morgan fingerprint density at radius 2 is 2.08 bits per heavy atom. The number of carbonyl (C=O) groups excluding carboxylic acids is 1. The van der Waals surface area contributed by atoms with E-state index in [0.29, 0.717) is 11.6 Å². The van der Waals surface area contributed by atoms with Gasteiger partial charge in [0.2, 0.25) is 5.91 Å². The zero-order valence-electron chi connectivity index (χ0n) is 14.1. The molecular weight excluding hydrogens is 371 g/mol. The second-order valence-corrected chi connectivity index (χ2v) is 6.66. The molecule has 1 aliphatic rings. The molecule has 1 aliphatic heterocycles. The lowest BCUT2D eigenvalue weighted by Crippen LogP contribution is -2.49. The number of nitrogens with zero attached hydrogens (tertiary/aromatic N) is 3. The van der Waals surface area contributed by atoms with Gasteiger partial charge in [-0.25, -0.2) is 0 Å². The van der Waals surface area contributed by atoms with Crippen molar-refractivity contribution in [1.29, 1.82) is 0 Å². The Bertz CT molecular complexity index is 911. The molecule has 2 aromatic carbocycles. The predicted octanol–water partition coefficient (Wildman–Crippen LogP) is 3.28. The van der Waals surface area contributed by atoms with Crippen molar-refractivity contribution in [3.63, 3.8) is 0 Å². The van der Waals surface area contributed by atoms with Gasteiger partial charge < -0.3 is 10.2 Å². The van der Waals surface area contributed by atoms with Crippen molar-refractivity contribution in [3.05, 3.63) is 65.3 Å². The molecular formula is C19H20Cl2N4O. The Balaban J connectivity index is 0.00000196. The number of fused-ring (bicyclic) bond motifs is 1. The molecule has 2 heterocycles. The van der Waals surface area contributed by atoms with Gasteiger partial charge in [0.25, 0.3) is 0 Å². The maximum Gasteiger partial charge on any atom is 0.244 e. The number of carbonyl (C=O) groups is 1. The van der Waals surface area contributed by atoms with E-state index in [1.165, 1.54) is 0 Å². The minimum Gasteiger partial charge on any atom is -0.331 e. The van der Waals surface area contributed by atoms with Crippen molar-refractivity contribution in [2.45, 2.75) is 12.6 Å². The van der Waals surface area contributed by atoms with Crippen LogP contribution in [0.5, 0.6) is 0 Å². The van der Waals surface area contributed by atoms with Crippen LogP contribution in [0.1, 0.15) is 11.6 Å². The smallest absolute Gasteiger partial charge is 0.244 e. The molecule has 0 aliphatic carbocycles. The fourth-order valence-electron chi connectivity index (χ4n) is 3.39. The van der Waals surface area contributed by atoms with E-state index in [-0.39, 0.29) is 30.9 Å². The van der Waals surface area contributed by atoms with Crippen LogP contribution in [0.3, 0.4) is 0 Å². The highest BCUT2D eigenvalue weighted by molar-refractivity contribution is 6.30. The summed E-state index contributed by atoms with van der Waals surface area (Å²) in [5.41, 5.74) is 2.03. The van der Waals surface area contributed by atoms with E-state index in [0.717, 1.165) is 29.6 Å². The quantitative estimate of drug-likeness (QED) is 0.746. The second-order valence-electron chi connectivity index (χ2n) is 6.22. The summed E-state index contributed by atoms with van der Waals surface area (Å²) in [5, 5.41) is 9.47. The van der Waals surface area contributed by atoms with Gasteiger partial charge in [-0.15, -0.1) is 12.4 Å². The lowest BCUT2D eigenvalue weighted by Gasteiger charge is -2.36. The molecule has 5 nitrogen and oxygen atoms in total. The summed E-state index contributed by atoms with van der Waals surface area (Å²) < 4.78 is 1.77. The van der Waals surface area contributed by atoms with Crippen molar-refractivity contribution in [2.24, 2.45) is 0 Å². The van der Waals surface area contributed by atoms with E-state index in [4.69, 9.17) is 11.6 Å². The van der Waals surface area contributed by atoms with E-state index in [1.54, 1.807) is 10.9 Å². The summed E-state index contributed by atoms with van der Waals surface area (Å²) >= 11 is 6.13. The van der Waals surface area contributed by atoms with Crippen molar-refractivity contribution in [2.75, 3.05) is 19.6 Å². The van der Waals surface area contributed by atoms with Gasteiger partial charge in [0.1, 0.15) is 6.54 Å². The predicted molar refractivity (Wildman–Crippen MR) is 106 cm³/mol. The molecule has 7 heteroatoms. The third-order valence-corrected chi connectivity index (χ3v) is 4.87. The summed E-state index contributed by atoms with van der Waals surface area (Å²) in [7, 11) is 0. The summed E-state index contributed by atoms with van der Waals surface area (Å²) in [5.74, 6) is 0.0697. The van der Waals surface area contributed by atoms with E-state index >= 15 is 0 Å². The molecule has 1 aromatic heterocycles. The van der Waals surface area contributed by atoms with Crippen LogP contribution in [-0.4, -0.2) is 40.2 Å². The van der Waals surface area contributed by atoms with E-state index < -0.39 is 0 Å². The van der Waals surface area contributed by atoms with Crippen molar-refractivity contribution < 1.29 is 4.79 Å². The number of piperazine rings is 1. The number of halogens is 2. The van der Waals surface area contributed by atoms with Crippen LogP contribution in [-0.2, 0) is 11.3 Å². The fourth-order valence-corrected chi connectivity index (χ4v) is 3.58. The molecule has 136 valence electrons. The van der Waals surface area contributed by atoms with Crippen LogP contribution in [0.15, 0.2) is 54.7 Å². The van der Waals surface area contributed by atoms with E-state index in [9.17, 15) is 4.79 Å². The number of hydrogen-bond acceptors (Lipinski definition) is 3. The standard InChI is InChI=1S/C19H19ClN4O.ClH/c20-16-6-3-5-14(10-16)18-12-21-8-9-23(18)19(25)13-24-17-7-2-1-4-15(17)11-22-24;/h1-7,10-11,18,21H,8-9,12-13H2;1H. The van der Waals surface area contributed by atoms with Gasteiger partial charge in [0.05, 0.1) is 17.8 Å². The number of nitrogens with one attached hydrogen (secondary N) is 1. The Morgan fingerprint density at radius 3 is 2.92 bits per heavy atom. The monoisotopic (exact) mass is 390 g/mol. The van der Waals surface area contributed by atoms with Crippen molar-refractivity contribution in [1.82, 2.24) is 20.0 Å². The van der Waals surface area contributed by atoms with Crippen LogP contribution >= 0.6 is 24.0 Å². The molecule has 1 unspecified atom stereocenters. The zero-order valence-corrected chi connectivity index (χ0v) is 15.7. The maximum atomic E-state index is 13.0. The van der Waals surface area contributed by atoms with Crippen molar-refractivity contribution in [3.8, 4) is 0 Å². The Morgan fingerprint density at radius 1 is 1.23 bits per heavy atom. The van der Waals surface area contributed by atoms with Crippen molar-refractivity contribution >= 4 is 40.8 Å². The fraction of sp³-hybridized carbons (Fsp3) is 0.263. The number of hydrogen-bond donors (Lipinski definition) is 1. The van der Waals surface area contributed by atoms with Gasteiger partial charge in [0.15, 0.2) is 0 Å². The third-order valence-electron chi connectivity index (χ3n) is 4.63. The van der Waals surface area contributed by atoms with Gasteiger partial charge in [0, 0.05) is 30.0 Å². The van der Waals surface area contributed by atoms with Gasteiger partial charge in [-0.1, -0.05) is 41.9 Å². The third kappa shape index (κ3) is 3.70. The number of para-hydroxylation sites is 1. The second kappa shape index (κ2) is 8.08. The summed E-state index contributed by atoms with van der Waals surface area (Å²) in [6.07, 6.45) is 1.80. The average molecular weight is 391 g/mol. The Kier molecular flexibility index (Phi) is 5.81. The van der Waals surface area contributed by atoms with Crippen LogP contribution in [0.2, 0.25) is 5.02 Å². The lowest BCUT2D eigenvalue weighted by molar-refractivity contribution is -0.135. The van der Waals surface area contributed by atoms with Crippen LogP contribution in [0.25, 0.3) is 10.9 Å². The highest BCUT2D eigenvalue weighted by Crippen LogP contribution is 2.25. The topological polar surface area (TPSA) is 50.2 Å². The van der Waals surface area contributed by atoms with Gasteiger partial charge >= 0.3 is 0 Å².